The van der Waals surface area contributed by atoms with E-state index in [4.69, 9.17) is 9.47 Å². The summed E-state index contributed by atoms with van der Waals surface area (Å²) < 4.78 is 10.6. The van der Waals surface area contributed by atoms with E-state index in [9.17, 15) is 5.11 Å². The molecular weight excluding hydrogens is 290 g/mol. The van der Waals surface area contributed by atoms with Crippen LogP contribution in [0.1, 0.15) is 18.1 Å². The zero-order valence-corrected chi connectivity index (χ0v) is 13.4. The van der Waals surface area contributed by atoms with Crippen LogP contribution >= 0.6 is 0 Å². The van der Waals surface area contributed by atoms with E-state index < -0.39 is 5.60 Å². The molecule has 0 aliphatic carbocycles. The Balaban J connectivity index is 2.17. The minimum Gasteiger partial charge on any atom is -0.493 e. The number of methoxy groups -OCH3 is 2. The van der Waals surface area contributed by atoms with Gasteiger partial charge in [0.15, 0.2) is 11.5 Å². The van der Waals surface area contributed by atoms with E-state index in [1.807, 2.05) is 30.3 Å². The first-order valence-electron chi connectivity index (χ1n) is 7.36. The van der Waals surface area contributed by atoms with Crippen molar-refractivity contribution in [3.8, 4) is 11.5 Å². The second-order valence-electron chi connectivity index (χ2n) is 5.55. The van der Waals surface area contributed by atoms with Gasteiger partial charge >= 0.3 is 0 Å². The first kappa shape index (κ1) is 15.3. The molecule has 1 atom stereocenters. The third-order valence-corrected chi connectivity index (χ3v) is 4.14. The third-order valence-electron chi connectivity index (χ3n) is 4.14. The molecule has 0 fully saturated rings. The fourth-order valence-electron chi connectivity index (χ4n) is 2.80. The maximum absolute atomic E-state index is 11.2. The number of ether oxygens (including phenoxy) is 2. The van der Waals surface area contributed by atoms with Crippen LogP contribution in [0.25, 0.3) is 10.8 Å². The Morgan fingerprint density at radius 3 is 2.43 bits per heavy atom. The van der Waals surface area contributed by atoms with Crippen molar-refractivity contribution in [2.75, 3.05) is 14.2 Å². The number of aromatic nitrogens is 1. The van der Waals surface area contributed by atoms with Crippen molar-refractivity contribution in [3.63, 3.8) is 0 Å². The predicted octanol–water partition coefficient (Wildman–Crippen LogP) is 3.51. The summed E-state index contributed by atoms with van der Waals surface area (Å²) in [5.74, 6) is 1.21. The van der Waals surface area contributed by atoms with Crippen LogP contribution in [0.15, 0.2) is 54.9 Å². The molecule has 0 amide bonds. The van der Waals surface area contributed by atoms with Crippen LogP contribution in [-0.2, 0) is 5.60 Å². The largest absolute Gasteiger partial charge is 0.493 e. The molecule has 0 radical (unpaired) electrons. The van der Waals surface area contributed by atoms with Gasteiger partial charge in [0.25, 0.3) is 0 Å². The molecule has 23 heavy (non-hydrogen) atoms. The van der Waals surface area contributed by atoms with Crippen molar-refractivity contribution in [2.45, 2.75) is 12.5 Å². The Labute approximate surface area is 135 Å². The molecule has 4 heteroatoms. The van der Waals surface area contributed by atoms with Crippen LogP contribution in [0, 0.1) is 0 Å². The highest BCUT2D eigenvalue weighted by Crippen LogP contribution is 2.37. The molecule has 3 rings (SSSR count). The van der Waals surface area contributed by atoms with Crippen LogP contribution in [0.5, 0.6) is 11.5 Å². The summed E-state index contributed by atoms with van der Waals surface area (Å²) in [5, 5.41) is 13.2. The van der Waals surface area contributed by atoms with Crippen LogP contribution in [-0.4, -0.2) is 24.3 Å². The lowest BCUT2D eigenvalue weighted by atomic mass is 9.86. The first-order chi connectivity index (χ1) is 11.1. The third kappa shape index (κ3) is 2.62. The molecule has 1 aromatic heterocycles. The van der Waals surface area contributed by atoms with E-state index in [0.717, 1.165) is 16.3 Å². The topological polar surface area (TPSA) is 51.6 Å². The van der Waals surface area contributed by atoms with Crippen LogP contribution in [0.3, 0.4) is 0 Å². The molecule has 1 N–H and O–H groups in total. The Kier molecular flexibility index (Phi) is 3.92. The van der Waals surface area contributed by atoms with Crippen molar-refractivity contribution in [1.29, 1.82) is 0 Å². The Bertz CT molecular complexity index is 838. The monoisotopic (exact) mass is 309 g/mol. The molecule has 118 valence electrons. The Morgan fingerprint density at radius 2 is 1.70 bits per heavy atom. The van der Waals surface area contributed by atoms with E-state index in [2.05, 4.69) is 4.98 Å². The summed E-state index contributed by atoms with van der Waals surface area (Å²) in [4.78, 5) is 4.26. The second kappa shape index (κ2) is 5.89. The fraction of sp³-hybridized carbons (Fsp3) is 0.211. The molecule has 3 aromatic rings. The number of benzene rings is 2. The lowest BCUT2D eigenvalue weighted by molar-refractivity contribution is 0.103. The van der Waals surface area contributed by atoms with Crippen molar-refractivity contribution >= 4 is 10.8 Å². The summed E-state index contributed by atoms with van der Waals surface area (Å²) in [7, 11) is 3.17. The highest BCUT2D eigenvalue weighted by atomic mass is 16.5. The molecular formula is C19H19NO3. The number of rotatable bonds is 4. The maximum atomic E-state index is 11.2. The van der Waals surface area contributed by atoms with Gasteiger partial charge in [-0.25, -0.2) is 0 Å². The number of aliphatic hydroxyl groups is 1. The van der Waals surface area contributed by atoms with Gasteiger partial charge in [-0.2, -0.15) is 0 Å². The summed E-state index contributed by atoms with van der Waals surface area (Å²) in [6.45, 7) is 1.76. The average molecular weight is 309 g/mol. The Morgan fingerprint density at radius 1 is 0.957 bits per heavy atom. The summed E-state index contributed by atoms with van der Waals surface area (Å²) >= 11 is 0. The van der Waals surface area contributed by atoms with Gasteiger partial charge in [-0.3, -0.25) is 4.98 Å². The lowest BCUT2D eigenvalue weighted by Crippen LogP contribution is -2.23. The second-order valence-corrected chi connectivity index (χ2v) is 5.55. The van der Waals surface area contributed by atoms with Gasteiger partial charge in [-0.05, 0) is 30.0 Å². The zero-order chi connectivity index (χ0) is 16.4. The molecule has 0 aliphatic heterocycles. The van der Waals surface area contributed by atoms with Crippen LogP contribution in [0.2, 0.25) is 0 Å². The van der Waals surface area contributed by atoms with Gasteiger partial charge in [0.2, 0.25) is 0 Å². The minimum atomic E-state index is -1.20. The van der Waals surface area contributed by atoms with E-state index in [1.54, 1.807) is 45.7 Å². The number of hydrogen-bond donors (Lipinski definition) is 1. The van der Waals surface area contributed by atoms with Crippen molar-refractivity contribution in [2.24, 2.45) is 0 Å². The summed E-state index contributed by atoms with van der Waals surface area (Å²) in [6.07, 6.45) is 3.50. The Hall–Kier alpha value is -2.59. The highest BCUT2D eigenvalue weighted by Gasteiger charge is 2.29. The summed E-state index contributed by atoms with van der Waals surface area (Å²) in [5.41, 5.74) is 0.268. The number of hydrogen-bond acceptors (Lipinski definition) is 4. The van der Waals surface area contributed by atoms with Gasteiger partial charge in [-0.1, -0.05) is 30.3 Å². The van der Waals surface area contributed by atoms with Crippen LogP contribution in [0.4, 0.5) is 0 Å². The van der Waals surface area contributed by atoms with Gasteiger partial charge in [0.05, 0.1) is 14.2 Å². The molecule has 1 unspecified atom stereocenters. The molecule has 1 heterocycles. The quantitative estimate of drug-likeness (QED) is 0.801. The number of pyridine rings is 1. The fourth-order valence-corrected chi connectivity index (χ4v) is 2.80. The molecule has 0 saturated heterocycles. The molecule has 0 bridgehead atoms. The highest BCUT2D eigenvalue weighted by molar-refractivity contribution is 5.85. The van der Waals surface area contributed by atoms with Crippen molar-refractivity contribution < 1.29 is 14.6 Å². The first-order valence-corrected chi connectivity index (χ1v) is 7.36. The maximum Gasteiger partial charge on any atom is 0.161 e. The van der Waals surface area contributed by atoms with E-state index in [-0.39, 0.29) is 0 Å². The molecule has 4 nitrogen and oxygen atoms in total. The van der Waals surface area contributed by atoms with Crippen LogP contribution < -0.4 is 9.47 Å². The van der Waals surface area contributed by atoms with Gasteiger partial charge in [0, 0.05) is 23.3 Å². The molecule has 2 aromatic carbocycles. The molecule has 0 saturated carbocycles. The molecule has 0 aliphatic rings. The van der Waals surface area contributed by atoms with E-state index in [0.29, 0.717) is 17.1 Å². The average Bonchev–Trinajstić information content (AvgIpc) is 2.60. The predicted molar refractivity (Wildman–Crippen MR) is 90.0 cm³/mol. The summed E-state index contributed by atoms with van der Waals surface area (Å²) in [6, 6.07) is 13.3. The van der Waals surface area contributed by atoms with Crippen molar-refractivity contribution in [3.05, 3.63) is 66.0 Å². The van der Waals surface area contributed by atoms with E-state index in [1.165, 1.54) is 0 Å². The van der Waals surface area contributed by atoms with Crippen molar-refractivity contribution in [1.82, 2.24) is 4.98 Å². The SMILES string of the molecule is COc1ccc(C(C)(O)c2cncc3ccccc23)cc1OC. The van der Waals surface area contributed by atoms with Gasteiger partial charge in [0.1, 0.15) is 5.60 Å². The number of fused-ring (bicyclic) bond motifs is 1. The minimum absolute atomic E-state index is 0.582. The normalized spacial score (nSPS) is 13.6. The zero-order valence-electron chi connectivity index (χ0n) is 13.4. The van der Waals surface area contributed by atoms with Gasteiger partial charge < -0.3 is 14.6 Å². The lowest BCUT2D eigenvalue weighted by Gasteiger charge is -2.26. The molecule has 0 spiro atoms. The van der Waals surface area contributed by atoms with Gasteiger partial charge in [-0.15, -0.1) is 0 Å². The standard InChI is InChI=1S/C19H19NO3/c1-19(21,14-8-9-17(22-2)18(10-14)23-3)16-12-20-11-13-6-4-5-7-15(13)16/h4-12,21H,1-3H3. The van der Waals surface area contributed by atoms with E-state index >= 15 is 0 Å². The number of nitrogens with zero attached hydrogens (tertiary/aromatic N) is 1. The smallest absolute Gasteiger partial charge is 0.161 e.